The Morgan fingerprint density at radius 1 is 0.970 bits per heavy atom. The molecule has 0 saturated carbocycles. The molecule has 1 aromatic heterocycles. The minimum Gasteiger partial charge on any atom is -0.497 e. The largest absolute Gasteiger partial charge is 0.497 e. The fourth-order valence-electron chi connectivity index (χ4n) is 3.72. The standard InChI is InChI=1S/C26H20ClNO5/c1-16-22(14-25(30)33-20-9-3-17(15-29)4-10-20)23-13-21(32-2)11-12-24(23)28(16)26(31)18-5-7-19(27)8-6-18/h3-13,15H,14H2,1-2H3. The summed E-state index contributed by atoms with van der Waals surface area (Å²) < 4.78 is 12.4. The van der Waals surface area contributed by atoms with Crippen LogP contribution in [0.15, 0.2) is 66.7 Å². The molecule has 0 amide bonds. The molecule has 0 fully saturated rings. The van der Waals surface area contributed by atoms with Crippen LogP contribution in [0.3, 0.4) is 0 Å². The van der Waals surface area contributed by atoms with Crippen LogP contribution in [-0.2, 0) is 11.2 Å². The number of fused-ring (bicyclic) bond motifs is 1. The zero-order valence-corrected chi connectivity index (χ0v) is 18.8. The van der Waals surface area contributed by atoms with Crippen LogP contribution in [0.25, 0.3) is 10.9 Å². The van der Waals surface area contributed by atoms with Gasteiger partial charge in [0.05, 0.1) is 19.0 Å². The van der Waals surface area contributed by atoms with E-state index in [1.165, 1.54) is 0 Å². The number of carbonyl (C=O) groups excluding carboxylic acids is 3. The summed E-state index contributed by atoms with van der Waals surface area (Å²) in [7, 11) is 1.56. The third kappa shape index (κ3) is 4.52. The predicted octanol–water partition coefficient (Wildman–Crippen LogP) is 5.26. The van der Waals surface area contributed by atoms with Crippen LogP contribution in [0.4, 0.5) is 0 Å². The monoisotopic (exact) mass is 461 g/mol. The first-order valence-corrected chi connectivity index (χ1v) is 10.5. The first-order chi connectivity index (χ1) is 15.9. The van der Waals surface area contributed by atoms with Crippen molar-refractivity contribution in [2.24, 2.45) is 0 Å². The van der Waals surface area contributed by atoms with Crippen molar-refractivity contribution in [3.05, 3.63) is 94.1 Å². The van der Waals surface area contributed by atoms with Crippen LogP contribution in [0, 0.1) is 6.92 Å². The number of hydrogen-bond donors (Lipinski definition) is 0. The van der Waals surface area contributed by atoms with Gasteiger partial charge in [-0.15, -0.1) is 0 Å². The van der Waals surface area contributed by atoms with Gasteiger partial charge in [-0.1, -0.05) is 11.6 Å². The summed E-state index contributed by atoms with van der Waals surface area (Å²) in [6.07, 6.45) is 0.667. The van der Waals surface area contributed by atoms with Crippen LogP contribution in [0.2, 0.25) is 5.02 Å². The second kappa shape index (κ2) is 9.30. The lowest BCUT2D eigenvalue weighted by molar-refractivity contribution is -0.133. The molecule has 1 heterocycles. The van der Waals surface area contributed by atoms with E-state index in [2.05, 4.69) is 0 Å². The Hall–Kier alpha value is -3.90. The summed E-state index contributed by atoms with van der Waals surface area (Å²) in [6.45, 7) is 1.79. The molecule has 0 aliphatic carbocycles. The van der Waals surface area contributed by atoms with Gasteiger partial charge in [0.1, 0.15) is 17.8 Å². The number of aldehydes is 1. The number of aromatic nitrogens is 1. The summed E-state index contributed by atoms with van der Waals surface area (Å²) >= 11 is 5.97. The SMILES string of the molecule is COc1ccc2c(c1)c(CC(=O)Oc1ccc(C=O)cc1)c(C)n2C(=O)c1ccc(Cl)cc1. The number of nitrogens with zero attached hydrogens (tertiary/aromatic N) is 1. The summed E-state index contributed by atoms with van der Waals surface area (Å²) in [6, 6.07) is 18.3. The second-order valence-corrected chi connectivity index (χ2v) is 7.87. The molecule has 6 nitrogen and oxygen atoms in total. The van der Waals surface area contributed by atoms with Crippen molar-refractivity contribution in [3.63, 3.8) is 0 Å². The van der Waals surface area contributed by atoms with Gasteiger partial charge >= 0.3 is 5.97 Å². The van der Waals surface area contributed by atoms with E-state index in [9.17, 15) is 14.4 Å². The van der Waals surface area contributed by atoms with E-state index in [-0.39, 0.29) is 12.3 Å². The summed E-state index contributed by atoms with van der Waals surface area (Å²) in [5, 5.41) is 1.26. The van der Waals surface area contributed by atoms with Crippen LogP contribution >= 0.6 is 11.6 Å². The summed E-state index contributed by atoms with van der Waals surface area (Å²) in [4.78, 5) is 36.9. The molecule has 4 aromatic rings. The highest BCUT2D eigenvalue weighted by Crippen LogP contribution is 2.31. The smallest absolute Gasteiger partial charge is 0.315 e. The van der Waals surface area contributed by atoms with Crippen molar-refractivity contribution >= 4 is 40.7 Å². The highest BCUT2D eigenvalue weighted by atomic mass is 35.5. The van der Waals surface area contributed by atoms with Gasteiger partial charge in [-0.25, -0.2) is 0 Å². The molecule has 0 bridgehead atoms. The van der Waals surface area contributed by atoms with E-state index in [1.54, 1.807) is 85.3 Å². The van der Waals surface area contributed by atoms with Gasteiger partial charge in [0.25, 0.3) is 5.91 Å². The van der Waals surface area contributed by atoms with Gasteiger partial charge in [-0.05, 0) is 79.2 Å². The fraction of sp³-hybridized carbons (Fsp3) is 0.115. The third-order valence-corrected chi connectivity index (χ3v) is 5.66. The maximum absolute atomic E-state index is 13.3. The number of esters is 1. The number of halogens is 1. The molecular weight excluding hydrogens is 442 g/mol. The molecule has 7 heteroatoms. The van der Waals surface area contributed by atoms with E-state index in [1.807, 2.05) is 0 Å². The molecule has 0 aliphatic rings. The molecule has 33 heavy (non-hydrogen) atoms. The van der Waals surface area contributed by atoms with Gasteiger partial charge in [0.15, 0.2) is 0 Å². The highest BCUT2D eigenvalue weighted by molar-refractivity contribution is 6.30. The quantitative estimate of drug-likeness (QED) is 0.222. The Labute approximate surface area is 195 Å². The molecule has 0 spiro atoms. The average molecular weight is 462 g/mol. The van der Waals surface area contributed by atoms with E-state index >= 15 is 0 Å². The van der Waals surface area contributed by atoms with E-state index in [4.69, 9.17) is 21.1 Å². The van der Waals surface area contributed by atoms with Crippen molar-refractivity contribution < 1.29 is 23.9 Å². The molecule has 0 unspecified atom stereocenters. The first kappa shape index (κ1) is 22.3. The third-order valence-electron chi connectivity index (χ3n) is 5.41. The van der Waals surface area contributed by atoms with Crippen LogP contribution in [-0.4, -0.2) is 29.8 Å². The molecular formula is C26H20ClNO5. The zero-order chi connectivity index (χ0) is 23.5. The van der Waals surface area contributed by atoms with Crippen LogP contribution in [0.1, 0.15) is 32.0 Å². The van der Waals surface area contributed by atoms with Crippen LogP contribution in [0.5, 0.6) is 11.5 Å². The minimum absolute atomic E-state index is 0.0498. The molecule has 0 saturated heterocycles. The Kier molecular flexibility index (Phi) is 6.29. The molecule has 0 N–H and O–H groups in total. The van der Waals surface area contributed by atoms with Gasteiger partial charge in [0, 0.05) is 27.2 Å². The second-order valence-electron chi connectivity index (χ2n) is 7.43. The van der Waals surface area contributed by atoms with E-state index < -0.39 is 5.97 Å². The maximum Gasteiger partial charge on any atom is 0.315 e. The molecule has 0 radical (unpaired) electrons. The highest BCUT2D eigenvalue weighted by Gasteiger charge is 2.22. The first-order valence-electron chi connectivity index (χ1n) is 10.2. The minimum atomic E-state index is -0.488. The Morgan fingerprint density at radius 3 is 2.27 bits per heavy atom. The lowest BCUT2D eigenvalue weighted by atomic mass is 10.1. The number of rotatable bonds is 6. The molecule has 4 rings (SSSR count). The van der Waals surface area contributed by atoms with Crippen molar-refractivity contribution in [2.45, 2.75) is 13.3 Å². The number of benzene rings is 3. The Balaban J connectivity index is 1.72. The van der Waals surface area contributed by atoms with Crippen molar-refractivity contribution in [2.75, 3.05) is 7.11 Å². The predicted molar refractivity (Wildman–Crippen MR) is 126 cm³/mol. The lowest BCUT2D eigenvalue weighted by Crippen LogP contribution is -2.15. The van der Waals surface area contributed by atoms with Crippen LogP contribution < -0.4 is 9.47 Å². The summed E-state index contributed by atoms with van der Waals surface area (Å²) in [5.74, 6) is 0.223. The van der Waals surface area contributed by atoms with Gasteiger partial charge in [-0.2, -0.15) is 0 Å². The topological polar surface area (TPSA) is 74.6 Å². The zero-order valence-electron chi connectivity index (χ0n) is 18.0. The Bertz CT molecular complexity index is 1350. The number of methoxy groups -OCH3 is 1. The Morgan fingerprint density at radius 2 is 1.64 bits per heavy atom. The molecule has 0 atom stereocenters. The average Bonchev–Trinajstić information content (AvgIpc) is 3.10. The normalized spacial score (nSPS) is 10.8. The van der Waals surface area contributed by atoms with Gasteiger partial charge in [-0.3, -0.25) is 19.0 Å². The number of carbonyl (C=O) groups is 3. The molecule has 166 valence electrons. The molecule has 3 aromatic carbocycles. The van der Waals surface area contributed by atoms with Gasteiger partial charge < -0.3 is 9.47 Å². The van der Waals surface area contributed by atoms with Crippen molar-refractivity contribution in [3.8, 4) is 11.5 Å². The summed E-state index contributed by atoms with van der Waals surface area (Å²) in [5.41, 5.74) is 2.92. The number of hydrogen-bond acceptors (Lipinski definition) is 5. The maximum atomic E-state index is 13.3. The number of ether oxygens (including phenoxy) is 2. The lowest BCUT2D eigenvalue weighted by Gasteiger charge is -2.08. The van der Waals surface area contributed by atoms with Crippen molar-refractivity contribution in [1.82, 2.24) is 4.57 Å². The fourth-order valence-corrected chi connectivity index (χ4v) is 3.85. The van der Waals surface area contributed by atoms with E-state index in [0.29, 0.717) is 44.4 Å². The van der Waals surface area contributed by atoms with Crippen molar-refractivity contribution in [1.29, 1.82) is 0 Å². The van der Waals surface area contributed by atoms with E-state index in [0.717, 1.165) is 11.7 Å². The molecule has 0 aliphatic heterocycles. The van der Waals surface area contributed by atoms with Gasteiger partial charge in [0.2, 0.25) is 0 Å².